The number of likely N-dealkylation sites (N-methyl/N-ethyl adjacent to an activating group) is 1. The molecule has 6 nitrogen and oxygen atoms in total. The van der Waals surface area contributed by atoms with Gasteiger partial charge in [0, 0.05) is 45.8 Å². The molecule has 1 fully saturated rings. The van der Waals surface area contributed by atoms with Crippen LogP contribution in [0, 0.1) is 0 Å². The van der Waals surface area contributed by atoms with Gasteiger partial charge < -0.3 is 15.1 Å². The normalized spacial score (nSPS) is 18.7. The van der Waals surface area contributed by atoms with E-state index < -0.39 is 0 Å². The number of halogens is 1. The van der Waals surface area contributed by atoms with Gasteiger partial charge in [0.2, 0.25) is 0 Å². The Morgan fingerprint density at radius 1 is 1.33 bits per heavy atom. The van der Waals surface area contributed by atoms with E-state index in [1.165, 1.54) is 4.68 Å². The summed E-state index contributed by atoms with van der Waals surface area (Å²) in [4.78, 5) is 16.5. The number of piperazine rings is 1. The fourth-order valence-corrected chi connectivity index (χ4v) is 2.62. The first-order chi connectivity index (χ1) is 9.97. The van der Waals surface area contributed by atoms with Gasteiger partial charge in [-0.2, -0.15) is 5.10 Å². The van der Waals surface area contributed by atoms with Crippen LogP contribution in [0.4, 0.5) is 5.69 Å². The topological polar surface area (TPSA) is 53.4 Å². The average molecular weight is 314 g/mol. The summed E-state index contributed by atoms with van der Waals surface area (Å²) in [6, 6.07) is 0.246. The summed E-state index contributed by atoms with van der Waals surface area (Å²) in [5.74, 6) is 0. The van der Waals surface area contributed by atoms with Crippen molar-refractivity contribution in [1.29, 1.82) is 0 Å². The molecule has 2 rings (SSSR count). The quantitative estimate of drug-likeness (QED) is 0.874. The molecule has 1 atom stereocenters. The highest BCUT2D eigenvalue weighted by Crippen LogP contribution is 2.17. The molecule has 2 heterocycles. The summed E-state index contributed by atoms with van der Waals surface area (Å²) in [5.41, 5.74) is 0.346. The number of rotatable bonds is 5. The van der Waals surface area contributed by atoms with E-state index in [4.69, 9.17) is 11.6 Å². The van der Waals surface area contributed by atoms with E-state index in [0.29, 0.717) is 5.69 Å². The smallest absolute Gasteiger partial charge is 0.287 e. The molecule has 0 radical (unpaired) electrons. The lowest BCUT2D eigenvalue weighted by Crippen LogP contribution is -2.45. The molecule has 0 bridgehead atoms. The molecule has 0 saturated carbocycles. The monoisotopic (exact) mass is 313 g/mol. The van der Waals surface area contributed by atoms with Crippen molar-refractivity contribution < 1.29 is 0 Å². The van der Waals surface area contributed by atoms with Crippen molar-refractivity contribution in [2.45, 2.75) is 19.4 Å². The summed E-state index contributed by atoms with van der Waals surface area (Å²) >= 11 is 6.06. The Labute approximate surface area is 130 Å². The summed E-state index contributed by atoms with van der Waals surface area (Å²) in [5, 5.41) is 7.48. The molecule has 0 aliphatic carbocycles. The predicted molar refractivity (Wildman–Crippen MR) is 86.1 cm³/mol. The fraction of sp³-hybridized carbons (Fsp3) is 0.714. The minimum atomic E-state index is -0.270. The fourth-order valence-electron chi connectivity index (χ4n) is 2.40. The maximum Gasteiger partial charge on any atom is 0.287 e. The van der Waals surface area contributed by atoms with Crippen LogP contribution >= 0.6 is 11.6 Å². The van der Waals surface area contributed by atoms with Crippen molar-refractivity contribution in [2.75, 3.05) is 45.1 Å². The van der Waals surface area contributed by atoms with Gasteiger partial charge in [0.15, 0.2) is 0 Å². The maximum atomic E-state index is 11.7. The standard InChI is InChI=1S/C14H24ClN5O/c1-11(4-5-20-8-6-18(2)7-9-20)17-12-10-16-19(3)14(21)13(12)15/h10-11,17H,4-9H2,1-3H3. The van der Waals surface area contributed by atoms with Gasteiger partial charge in [-0.25, -0.2) is 4.68 Å². The van der Waals surface area contributed by atoms with E-state index in [2.05, 4.69) is 34.2 Å². The molecule has 1 N–H and O–H groups in total. The van der Waals surface area contributed by atoms with Crippen LogP contribution in [0.15, 0.2) is 11.0 Å². The molecule has 0 aromatic carbocycles. The Bertz CT molecular complexity index is 525. The van der Waals surface area contributed by atoms with Crippen LogP contribution in [0.3, 0.4) is 0 Å². The summed E-state index contributed by atoms with van der Waals surface area (Å²) in [6.45, 7) is 7.66. The molecular weight excluding hydrogens is 290 g/mol. The lowest BCUT2D eigenvalue weighted by Gasteiger charge is -2.33. The van der Waals surface area contributed by atoms with E-state index in [1.807, 2.05) is 0 Å². The third-order valence-electron chi connectivity index (χ3n) is 3.95. The molecule has 1 aromatic heterocycles. The van der Waals surface area contributed by atoms with Gasteiger partial charge in [0.05, 0.1) is 11.9 Å². The van der Waals surface area contributed by atoms with Crippen LogP contribution in [0.5, 0.6) is 0 Å². The van der Waals surface area contributed by atoms with Crippen molar-refractivity contribution in [3.8, 4) is 0 Å². The first-order valence-electron chi connectivity index (χ1n) is 7.36. The molecule has 1 aliphatic rings. The zero-order chi connectivity index (χ0) is 15.4. The second-order valence-electron chi connectivity index (χ2n) is 5.78. The van der Waals surface area contributed by atoms with Gasteiger partial charge in [0.25, 0.3) is 5.56 Å². The van der Waals surface area contributed by atoms with Crippen molar-refractivity contribution in [3.05, 3.63) is 21.6 Å². The van der Waals surface area contributed by atoms with Crippen molar-refractivity contribution in [1.82, 2.24) is 19.6 Å². The van der Waals surface area contributed by atoms with E-state index in [-0.39, 0.29) is 16.6 Å². The lowest BCUT2D eigenvalue weighted by atomic mass is 10.2. The number of nitrogens with one attached hydrogen (secondary N) is 1. The van der Waals surface area contributed by atoms with Crippen LogP contribution in [0.2, 0.25) is 5.02 Å². The summed E-state index contributed by atoms with van der Waals surface area (Å²) < 4.78 is 1.24. The lowest BCUT2D eigenvalue weighted by molar-refractivity contribution is 0.151. The van der Waals surface area contributed by atoms with Gasteiger partial charge in [-0.1, -0.05) is 11.6 Å². The van der Waals surface area contributed by atoms with Crippen LogP contribution in [-0.2, 0) is 7.05 Å². The highest BCUT2D eigenvalue weighted by molar-refractivity contribution is 6.32. The van der Waals surface area contributed by atoms with Crippen molar-refractivity contribution >= 4 is 17.3 Å². The molecule has 1 aliphatic heterocycles. The molecule has 21 heavy (non-hydrogen) atoms. The summed E-state index contributed by atoms with van der Waals surface area (Å²) in [7, 11) is 3.75. The first-order valence-corrected chi connectivity index (χ1v) is 7.74. The molecule has 1 aromatic rings. The minimum Gasteiger partial charge on any atom is -0.380 e. The van der Waals surface area contributed by atoms with E-state index in [0.717, 1.165) is 39.1 Å². The Morgan fingerprint density at radius 2 is 2.00 bits per heavy atom. The molecule has 0 spiro atoms. The number of anilines is 1. The Hall–Kier alpha value is -1.11. The molecule has 1 saturated heterocycles. The molecule has 0 amide bonds. The average Bonchev–Trinajstić information content (AvgIpc) is 2.47. The Morgan fingerprint density at radius 3 is 2.67 bits per heavy atom. The maximum absolute atomic E-state index is 11.7. The number of nitrogens with zero attached hydrogens (tertiary/aromatic N) is 4. The van der Waals surface area contributed by atoms with Crippen molar-refractivity contribution in [2.24, 2.45) is 7.05 Å². The van der Waals surface area contributed by atoms with Crippen LogP contribution in [0.25, 0.3) is 0 Å². The molecule has 7 heteroatoms. The second-order valence-corrected chi connectivity index (χ2v) is 6.16. The Balaban J connectivity index is 1.83. The zero-order valence-corrected chi connectivity index (χ0v) is 13.7. The third-order valence-corrected chi connectivity index (χ3v) is 4.32. The van der Waals surface area contributed by atoms with Gasteiger partial charge >= 0.3 is 0 Å². The van der Waals surface area contributed by atoms with Crippen molar-refractivity contribution in [3.63, 3.8) is 0 Å². The number of aromatic nitrogens is 2. The number of hydrogen-bond donors (Lipinski definition) is 1. The largest absolute Gasteiger partial charge is 0.380 e. The zero-order valence-electron chi connectivity index (χ0n) is 13.0. The van der Waals surface area contributed by atoms with Crippen LogP contribution < -0.4 is 10.9 Å². The van der Waals surface area contributed by atoms with Crippen LogP contribution in [-0.4, -0.2) is 65.4 Å². The highest BCUT2D eigenvalue weighted by atomic mass is 35.5. The molecule has 1 unspecified atom stereocenters. The van der Waals surface area contributed by atoms with Crippen LogP contribution in [0.1, 0.15) is 13.3 Å². The van der Waals surface area contributed by atoms with E-state index >= 15 is 0 Å². The molecule has 118 valence electrons. The van der Waals surface area contributed by atoms with Gasteiger partial charge in [0.1, 0.15) is 5.02 Å². The molecular formula is C14H24ClN5O. The SMILES string of the molecule is CC(CCN1CCN(C)CC1)Nc1cnn(C)c(=O)c1Cl. The number of hydrogen-bond acceptors (Lipinski definition) is 5. The van der Waals surface area contributed by atoms with E-state index in [9.17, 15) is 4.79 Å². The van der Waals surface area contributed by atoms with Gasteiger partial charge in [-0.15, -0.1) is 0 Å². The Kier molecular flexibility index (Phi) is 5.61. The summed E-state index contributed by atoms with van der Waals surface area (Å²) in [6.07, 6.45) is 2.62. The minimum absolute atomic E-state index is 0.207. The highest BCUT2D eigenvalue weighted by Gasteiger charge is 2.15. The first kappa shape index (κ1) is 16.3. The van der Waals surface area contributed by atoms with Gasteiger partial charge in [-0.05, 0) is 20.4 Å². The number of aryl methyl sites for hydroxylation is 1. The third kappa shape index (κ3) is 4.43. The predicted octanol–water partition coefficient (Wildman–Crippen LogP) is 0.872. The second kappa shape index (κ2) is 7.24. The van der Waals surface area contributed by atoms with E-state index in [1.54, 1.807) is 13.2 Å². The van der Waals surface area contributed by atoms with Gasteiger partial charge in [-0.3, -0.25) is 4.79 Å².